The number of hydrogen-bond acceptors (Lipinski definition) is 9. The van der Waals surface area contributed by atoms with E-state index in [1.165, 1.54) is 60.7 Å². The monoisotopic (exact) mass is 662 g/mol. The minimum atomic E-state index is -1.15. The number of aromatic hydroxyl groups is 7. The Morgan fingerprint density at radius 1 is 0.755 bits per heavy atom. The molecule has 4 aromatic rings. The second-order valence-corrected chi connectivity index (χ2v) is 12.6. The van der Waals surface area contributed by atoms with E-state index in [1.807, 2.05) is 13.8 Å². The fraction of sp³-hybridized carbons (Fsp3) is 0.200. The number of allylic oxidation sites excluding steroid dienone is 5. The lowest BCUT2D eigenvalue weighted by Crippen LogP contribution is -2.32. The maximum Gasteiger partial charge on any atom is 0.189 e. The lowest BCUT2D eigenvalue weighted by atomic mass is 9.65. The van der Waals surface area contributed by atoms with Crippen LogP contribution >= 0.6 is 0 Å². The van der Waals surface area contributed by atoms with Crippen molar-refractivity contribution in [2.45, 2.75) is 45.4 Å². The topological polar surface area (TPSA) is 176 Å². The van der Waals surface area contributed by atoms with Crippen LogP contribution in [0.15, 0.2) is 96.1 Å². The molecule has 0 fully saturated rings. The van der Waals surface area contributed by atoms with Crippen LogP contribution in [0.5, 0.6) is 40.2 Å². The van der Waals surface area contributed by atoms with Gasteiger partial charge in [0.2, 0.25) is 0 Å². The molecule has 0 heterocycles. The summed E-state index contributed by atoms with van der Waals surface area (Å²) in [6.45, 7) is 5.53. The second-order valence-electron chi connectivity index (χ2n) is 12.6. The molecule has 1 aliphatic carbocycles. The Kier molecular flexibility index (Phi) is 9.84. The Morgan fingerprint density at radius 3 is 2.08 bits per heavy atom. The molecule has 1 aliphatic rings. The number of benzene rings is 4. The minimum Gasteiger partial charge on any atom is -0.508 e. The molecule has 0 spiro atoms. The molecule has 0 unspecified atom stereocenters. The van der Waals surface area contributed by atoms with E-state index in [0.717, 1.165) is 17.2 Å². The molecule has 0 saturated carbocycles. The summed E-state index contributed by atoms with van der Waals surface area (Å²) < 4.78 is 0. The molecule has 9 nitrogen and oxygen atoms in total. The molecule has 5 rings (SSSR count). The Morgan fingerprint density at radius 2 is 1.41 bits per heavy atom. The first-order valence-electron chi connectivity index (χ1n) is 15.7. The first kappa shape index (κ1) is 34.4. The number of hydrogen-bond donors (Lipinski definition) is 7. The number of phenols is 7. The predicted molar refractivity (Wildman–Crippen MR) is 186 cm³/mol. The van der Waals surface area contributed by atoms with Crippen molar-refractivity contribution in [3.63, 3.8) is 0 Å². The summed E-state index contributed by atoms with van der Waals surface area (Å²) in [5.74, 6) is -6.08. The summed E-state index contributed by atoms with van der Waals surface area (Å²) in [6.07, 6.45) is 6.68. The summed E-state index contributed by atoms with van der Waals surface area (Å²) in [4.78, 5) is 28.1. The summed E-state index contributed by atoms with van der Waals surface area (Å²) >= 11 is 0. The van der Waals surface area contributed by atoms with Gasteiger partial charge < -0.3 is 35.7 Å². The third-order valence-corrected chi connectivity index (χ3v) is 8.89. The van der Waals surface area contributed by atoms with Gasteiger partial charge in [-0.15, -0.1) is 0 Å². The molecule has 0 radical (unpaired) electrons. The number of rotatable bonds is 9. The number of phenolic OH excluding ortho intramolecular Hbond substituents is 7. The van der Waals surface area contributed by atoms with Gasteiger partial charge in [0.25, 0.3) is 0 Å². The molecule has 0 saturated heterocycles. The van der Waals surface area contributed by atoms with Gasteiger partial charge in [-0.05, 0) is 93.3 Å². The van der Waals surface area contributed by atoms with Crippen LogP contribution in [0, 0.1) is 5.92 Å². The Labute approximate surface area is 283 Å². The van der Waals surface area contributed by atoms with E-state index in [1.54, 1.807) is 31.2 Å². The number of carbonyl (C=O) groups excluding carboxylic acids is 2. The zero-order valence-electron chi connectivity index (χ0n) is 27.3. The summed E-state index contributed by atoms with van der Waals surface area (Å²) in [5, 5.41) is 75.3. The molecule has 0 bridgehead atoms. The number of carbonyl (C=O) groups is 2. The van der Waals surface area contributed by atoms with Crippen LogP contribution in [0.1, 0.15) is 82.0 Å². The molecule has 0 aromatic heterocycles. The highest BCUT2D eigenvalue weighted by atomic mass is 16.3. The van der Waals surface area contributed by atoms with Gasteiger partial charge in [-0.2, -0.15) is 0 Å². The molecular formula is C40H38O9. The Balaban J connectivity index is 1.67. The van der Waals surface area contributed by atoms with Crippen molar-refractivity contribution in [1.29, 1.82) is 0 Å². The van der Waals surface area contributed by atoms with Crippen LogP contribution in [0.25, 0.3) is 6.08 Å². The van der Waals surface area contributed by atoms with E-state index in [0.29, 0.717) is 11.1 Å². The molecule has 7 N–H and O–H groups in total. The van der Waals surface area contributed by atoms with Crippen LogP contribution in [-0.4, -0.2) is 47.3 Å². The van der Waals surface area contributed by atoms with Crippen LogP contribution < -0.4 is 0 Å². The van der Waals surface area contributed by atoms with Crippen molar-refractivity contribution < 1.29 is 45.3 Å². The first-order valence-corrected chi connectivity index (χ1v) is 15.7. The van der Waals surface area contributed by atoms with E-state index in [9.17, 15) is 45.3 Å². The average molecular weight is 663 g/mol. The molecule has 3 atom stereocenters. The van der Waals surface area contributed by atoms with E-state index in [2.05, 4.69) is 0 Å². The zero-order valence-corrected chi connectivity index (χ0v) is 27.3. The van der Waals surface area contributed by atoms with Crippen molar-refractivity contribution in [1.82, 2.24) is 0 Å². The largest absolute Gasteiger partial charge is 0.508 e. The lowest BCUT2D eigenvalue weighted by molar-refractivity contribution is 0.0876. The van der Waals surface area contributed by atoms with E-state index >= 15 is 0 Å². The van der Waals surface area contributed by atoms with Crippen LogP contribution in [0.3, 0.4) is 0 Å². The van der Waals surface area contributed by atoms with Crippen molar-refractivity contribution in [3.8, 4) is 40.2 Å². The highest BCUT2D eigenvalue weighted by Crippen LogP contribution is 2.53. The normalized spacial score (nSPS) is 17.4. The fourth-order valence-electron chi connectivity index (χ4n) is 6.44. The van der Waals surface area contributed by atoms with Crippen LogP contribution in [0.2, 0.25) is 0 Å². The van der Waals surface area contributed by atoms with Gasteiger partial charge in [0.1, 0.15) is 40.2 Å². The molecule has 0 aliphatic heterocycles. The molecule has 0 amide bonds. The van der Waals surface area contributed by atoms with Gasteiger partial charge in [0.05, 0.1) is 11.1 Å². The highest BCUT2D eigenvalue weighted by Gasteiger charge is 2.43. The van der Waals surface area contributed by atoms with Gasteiger partial charge in [0, 0.05) is 34.9 Å². The Hall–Kier alpha value is -5.96. The van der Waals surface area contributed by atoms with Crippen molar-refractivity contribution in [3.05, 3.63) is 129 Å². The number of Topliss-reactive ketones (excluding diaryl/α,β-unsaturated/α-hetero) is 1. The quantitative estimate of drug-likeness (QED) is 0.0537. The van der Waals surface area contributed by atoms with E-state index < -0.39 is 40.8 Å². The maximum absolute atomic E-state index is 14.7. The van der Waals surface area contributed by atoms with Crippen molar-refractivity contribution in [2.75, 3.05) is 0 Å². The lowest BCUT2D eigenvalue weighted by Gasteiger charge is -2.37. The average Bonchev–Trinajstić information content (AvgIpc) is 3.04. The first-order chi connectivity index (χ1) is 23.3. The van der Waals surface area contributed by atoms with E-state index in [-0.39, 0.29) is 63.8 Å². The standard InChI is InChI=1S/C40H38O9/c1-21(2)4-11-27-33(44)16-14-29(38(27)47)40(49)36-30(26-12-10-25(42)20-35(26)46)18-22(3)19-31(36)37-34(45)17-13-28(39(37)48)32(43)15-7-23-5-8-24(41)9-6-23/h4-10,12-17,19-20,30-31,36,41-42,44-48H,11,18H2,1-3H3/t30-,31+,36-/m1/s1. The van der Waals surface area contributed by atoms with Gasteiger partial charge in [-0.3, -0.25) is 9.59 Å². The smallest absolute Gasteiger partial charge is 0.189 e. The number of ketones is 2. The maximum atomic E-state index is 14.7. The van der Waals surface area contributed by atoms with E-state index in [4.69, 9.17) is 0 Å². The summed E-state index contributed by atoms with van der Waals surface area (Å²) in [6, 6.07) is 15.3. The third-order valence-electron chi connectivity index (χ3n) is 8.89. The predicted octanol–water partition coefficient (Wildman–Crippen LogP) is 7.75. The molecule has 252 valence electrons. The second kappa shape index (κ2) is 14.0. The molecular weight excluding hydrogens is 624 g/mol. The summed E-state index contributed by atoms with van der Waals surface area (Å²) in [5.41, 5.74) is 2.45. The minimum absolute atomic E-state index is 0.0629. The Bertz CT molecular complexity index is 2010. The van der Waals surface area contributed by atoms with Gasteiger partial charge >= 0.3 is 0 Å². The van der Waals surface area contributed by atoms with Crippen molar-refractivity contribution in [2.24, 2.45) is 5.92 Å². The van der Waals surface area contributed by atoms with Crippen LogP contribution in [-0.2, 0) is 6.42 Å². The van der Waals surface area contributed by atoms with Gasteiger partial charge in [0.15, 0.2) is 11.6 Å². The highest BCUT2D eigenvalue weighted by molar-refractivity contribution is 6.09. The van der Waals surface area contributed by atoms with Gasteiger partial charge in [-0.1, -0.05) is 47.6 Å². The van der Waals surface area contributed by atoms with Crippen LogP contribution in [0.4, 0.5) is 0 Å². The van der Waals surface area contributed by atoms with Crippen molar-refractivity contribution >= 4 is 17.6 Å². The SMILES string of the molecule is CC(C)=CCc1c(O)ccc(C(=O)[C@H]2[C@@H](c3c(O)ccc(C(=O)C=Cc4ccc(O)cc4)c3O)C=C(C)C[C@@H]2c2ccc(O)cc2O)c1O. The molecule has 49 heavy (non-hydrogen) atoms. The summed E-state index contributed by atoms with van der Waals surface area (Å²) in [7, 11) is 0. The molecule has 9 heteroatoms. The third kappa shape index (κ3) is 7.16. The molecule has 4 aromatic carbocycles. The van der Waals surface area contributed by atoms with Gasteiger partial charge in [-0.25, -0.2) is 0 Å². The zero-order chi connectivity index (χ0) is 35.6. The fourth-order valence-corrected chi connectivity index (χ4v) is 6.44.